The van der Waals surface area contributed by atoms with Crippen LogP contribution < -0.4 is 0 Å². The monoisotopic (exact) mass is 225 g/mol. The fourth-order valence-electron chi connectivity index (χ4n) is 2.30. The topological polar surface area (TPSA) is 109 Å². The Morgan fingerprint density at radius 3 is 2.75 bits per heavy atom. The number of nitrogens with zero attached hydrogens (tertiary/aromatic N) is 2. The summed E-state index contributed by atoms with van der Waals surface area (Å²) in [6.07, 6.45) is 1.11. The van der Waals surface area contributed by atoms with Crippen molar-refractivity contribution in [3.8, 4) is 0 Å². The zero-order valence-electron chi connectivity index (χ0n) is 8.80. The first-order chi connectivity index (χ1) is 7.37. The maximum atomic E-state index is 11.0. The minimum Gasteiger partial charge on any atom is -0.481 e. The molecule has 1 aromatic heterocycles. The van der Waals surface area contributed by atoms with Gasteiger partial charge in [-0.1, -0.05) is 13.8 Å². The number of carboxylic acid groups (broad SMARTS) is 1. The minimum absolute atomic E-state index is 0.137. The zero-order chi connectivity index (χ0) is 12.1. The molecule has 0 aromatic carbocycles. The Kier molecular flexibility index (Phi) is 2.01. The first-order valence-electron chi connectivity index (χ1n) is 4.78. The van der Waals surface area contributed by atoms with Crippen molar-refractivity contribution in [1.29, 1.82) is 0 Å². The maximum absolute atomic E-state index is 11.0. The SMILES string of the molecule is CC1(C)C(C(=O)O)C1c1[nH]ncc1[N+](=O)[O-]. The molecule has 1 fully saturated rings. The largest absolute Gasteiger partial charge is 0.481 e. The molecule has 1 aromatic rings. The summed E-state index contributed by atoms with van der Waals surface area (Å²) in [5.41, 5.74) is -0.299. The van der Waals surface area contributed by atoms with Gasteiger partial charge in [-0.25, -0.2) is 0 Å². The number of aromatic amines is 1. The molecule has 0 bridgehead atoms. The molecule has 0 radical (unpaired) electrons. The van der Waals surface area contributed by atoms with Gasteiger partial charge in [0.05, 0.1) is 10.8 Å². The maximum Gasteiger partial charge on any atom is 0.310 e. The average molecular weight is 225 g/mol. The van der Waals surface area contributed by atoms with Gasteiger partial charge in [0.1, 0.15) is 11.9 Å². The van der Waals surface area contributed by atoms with Crippen LogP contribution in [0.4, 0.5) is 5.69 Å². The number of carboxylic acids is 1. The van der Waals surface area contributed by atoms with Crippen LogP contribution in [0.25, 0.3) is 0 Å². The smallest absolute Gasteiger partial charge is 0.310 e. The van der Waals surface area contributed by atoms with Crippen LogP contribution in [0.5, 0.6) is 0 Å². The summed E-state index contributed by atoms with van der Waals surface area (Å²) in [5.74, 6) is -1.89. The fraction of sp³-hybridized carbons (Fsp3) is 0.556. The molecule has 7 heteroatoms. The van der Waals surface area contributed by atoms with Crippen molar-refractivity contribution >= 4 is 11.7 Å². The van der Waals surface area contributed by atoms with Gasteiger partial charge in [0.15, 0.2) is 0 Å². The summed E-state index contributed by atoms with van der Waals surface area (Å²) in [6, 6.07) is 0. The third-order valence-corrected chi connectivity index (χ3v) is 3.25. The van der Waals surface area contributed by atoms with Crippen molar-refractivity contribution in [3.63, 3.8) is 0 Å². The number of nitrogens with one attached hydrogen (secondary N) is 1. The number of nitro groups is 1. The molecule has 0 aliphatic heterocycles. The molecule has 2 atom stereocenters. The molecule has 2 rings (SSSR count). The highest BCUT2D eigenvalue weighted by Gasteiger charge is 2.65. The molecule has 1 aliphatic carbocycles. The van der Waals surface area contributed by atoms with Gasteiger partial charge >= 0.3 is 11.7 Å². The van der Waals surface area contributed by atoms with Gasteiger partial charge in [0.2, 0.25) is 0 Å². The molecule has 86 valence electrons. The molecule has 2 unspecified atom stereocenters. The summed E-state index contributed by atoms with van der Waals surface area (Å²) in [5, 5.41) is 25.8. The van der Waals surface area contributed by atoms with Gasteiger partial charge in [-0.2, -0.15) is 5.10 Å². The Labute approximate surface area is 90.6 Å². The number of hydrogen-bond acceptors (Lipinski definition) is 4. The van der Waals surface area contributed by atoms with E-state index in [1.165, 1.54) is 0 Å². The molecule has 0 spiro atoms. The van der Waals surface area contributed by atoms with Gasteiger partial charge in [-0.05, 0) is 5.41 Å². The Bertz CT molecular complexity index is 465. The molecule has 0 saturated heterocycles. The van der Waals surface area contributed by atoms with Gasteiger partial charge in [-0.3, -0.25) is 20.0 Å². The second-order valence-corrected chi connectivity index (χ2v) is 4.54. The number of hydrogen-bond donors (Lipinski definition) is 2. The predicted molar refractivity (Wildman–Crippen MR) is 52.9 cm³/mol. The lowest BCUT2D eigenvalue weighted by atomic mass is 10.1. The van der Waals surface area contributed by atoms with Gasteiger partial charge in [0.25, 0.3) is 0 Å². The van der Waals surface area contributed by atoms with Crippen LogP contribution in [0, 0.1) is 21.4 Å². The van der Waals surface area contributed by atoms with Crippen molar-refractivity contribution in [2.24, 2.45) is 11.3 Å². The highest BCUT2D eigenvalue weighted by molar-refractivity contribution is 5.77. The second-order valence-electron chi connectivity index (χ2n) is 4.54. The van der Waals surface area contributed by atoms with E-state index in [1.54, 1.807) is 13.8 Å². The normalized spacial score (nSPS) is 26.4. The molecule has 7 nitrogen and oxygen atoms in total. The van der Waals surface area contributed by atoms with E-state index in [2.05, 4.69) is 10.2 Å². The number of rotatable bonds is 3. The van der Waals surface area contributed by atoms with Crippen LogP contribution >= 0.6 is 0 Å². The standard InChI is InChI=1S/C9H11N3O4/c1-9(2)5(6(9)8(13)14)7-4(12(15)16)3-10-11-7/h3,5-6H,1-2H3,(H,10,11)(H,13,14). The van der Waals surface area contributed by atoms with Gasteiger partial charge < -0.3 is 5.11 Å². The minimum atomic E-state index is -0.932. The van der Waals surface area contributed by atoms with Crippen LogP contribution in [-0.4, -0.2) is 26.2 Å². The lowest BCUT2D eigenvalue weighted by molar-refractivity contribution is -0.385. The van der Waals surface area contributed by atoms with E-state index in [4.69, 9.17) is 5.11 Å². The Morgan fingerprint density at radius 2 is 2.31 bits per heavy atom. The third-order valence-electron chi connectivity index (χ3n) is 3.25. The highest BCUT2D eigenvalue weighted by Crippen LogP contribution is 2.65. The summed E-state index contributed by atoms with van der Waals surface area (Å²) in [4.78, 5) is 21.1. The zero-order valence-corrected chi connectivity index (χ0v) is 8.80. The first kappa shape index (κ1) is 10.6. The van der Waals surface area contributed by atoms with E-state index in [9.17, 15) is 14.9 Å². The van der Waals surface area contributed by atoms with Crippen LogP contribution in [0.3, 0.4) is 0 Å². The van der Waals surface area contributed by atoms with Crippen molar-refractivity contribution < 1.29 is 14.8 Å². The molecule has 2 N–H and O–H groups in total. The van der Waals surface area contributed by atoms with Crippen molar-refractivity contribution in [2.75, 3.05) is 0 Å². The van der Waals surface area contributed by atoms with E-state index >= 15 is 0 Å². The number of aliphatic carboxylic acids is 1. The third kappa shape index (κ3) is 1.28. The molecule has 16 heavy (non-hydrogen) atoms. The van der Waals surface area contributed by atoms with E-state index < -0.39 is 22.2 Å². The molecule has 1 heterocycles. The summed E-state index contributed by atoms with van der Waals surface area (Å²) in [6.45, 7) is 3.56. The average Bonchev–Trinajstić information content (AvgIpc) is 2.59. The Balaban J connectivity index is 2.37. The van der Waals surface area contributed by atoms with E-state index in [0.717, 1.165) is 6.20 Å². The van der Waals surface area contributed by atoms with E-state index in [1.807, 2.05) is 0 Å². The van der Waals surface area contributed by atoms with Crippen LogP contribution in [0.15, 0.2) is 6.20 Å². The molecule has 1 aliphatic rings. The summed E-state index contributed by atoms with van der Waals surface area (Å²) in [7, 11) is 0. The fourth-order valence-corrected chi connectivity index (χ4v) is 2.30. The van der Waals surface area contributed by atoms with Crippen molar-refractivity contribution in [2.45, 2.75) is 19.8 Å². The Hall–Kier alpha value is -1.92. The van der Waals surface area contributed by atoms with Crippen LogP contribution in [-0.2, 0) is 4.79 Å². The quantitative estimate of drug-likeness (QED) is 0.592. The van der Waals surface area contributed by atoms with Gasteiger partial charge in [-0.15, -0.1) is 0 Å². The number of aromatic nitrogens is 2. The van der Waals surface area contributed by atoms with E-state index in [0.29, 0.717) is 5.69 Å². The van der Waals surface area contributed by atoms with Crippen LogP contribution in [0.1, 0.15) is 25.5 Å². The lowest BCUT2D eigenvalue weighted by Gasteiger charge is -1.98. The number of H-pyrrole nitrogens is 1. The van der Waals surface area contributed by atoms with Gasteiger partial charge in [0, 0.05) is 5.92 Å². The summed E-state index contributed by atoms with van der Waals surface area (Å²) < 4.78 is 0. The molecule has 0 amide bonds. The van der Waals surface area contributed by atoms with E-state index in [-0.39, 0.29) is 11.6 Å². The molecule has 1 saturated carbocycles. The first-order valence-corrected chi connectivity index (χ1v) is 4.78. The predicted octanol–water partition coefficient (Wildman–Crippen LogP) is 1.14. The van der Waals surface area contributed by atoms with Crippen molar-refractivity contribution in [1.82, 2.24) is 10.2 Å². The Morgan fingerprint density at radius 1 is 1.69 bits per heavy atom. The second kappa shape index (κ2) is 3.03. The number of carbonyl (C=O) groups is 1. The lowest BCUT2D eigenvalue weighted by Crippen LogP contribution is -2.03. The summed E-state index contributed by atoms with van der Waals surface area (Å²) >= 11 is 0. The molecular formula is C9H11N3O4. The van der Waals surface area contributed by atoms with Crippen molar-refractivity contribution in [3.05, 3.63) is 22.0 Å². The highest BCUT2D eigenvalue weighted by atomic mass is 16.6. The molecular weight excluding hydrogens is 214 g/mol. The van der Waals surface area contributed by atoms with Crippen LogP contribution in [0.2, 0.25) is 0 Å².